The van der Waals surface area contributed by atoms with Gasteiger partial charge in [-0.15, -0.1) is 0 Å². The molecule has 0 bridgehead atoms. The molecule has 1 aromatic carbocycles. The van der Waals surface area contributed by atoms with Crippen LogP contribution in [0, 0.1) is 18.7 Å². The highest BCUT2D eigenvalue weighted by molar-refractivity contribution is 5.92. The Morgan fingerprint density at radius 2 is 2.00 bits per heavy atom. The van der Waals surface area contributed by atoms with E-state index < -0.39 is 5.82 Å². The number of halogens is 1. The summed E-state index contributed by atoms with van der Waals surface area (Å²) in [6.45, 7) is 8.32. The lowest BCUT2D eigenvalue weighted by molar-refractivity contribution is -0.115. The molecule has 0 aliphatic heterocycles. The standard InChI is InChI=1S/C15H23FN2O/c1-10(2)7-12(4)17-9-15(19)18-14-6-5-11(3)8-13(14)16/h5-6,8,10,12,17H,7,9H2,1-4H3,(H,18,19). The van der Waals surface area contributed by atoms with Gasteiger partial charge in [0, 0.05) is 6.04 Å². The van der Waals surface area contributed by atoms with Crippen molar-refractivity contribution in [3.63, 3.8) is 0 Å². The Labute approximate surface area is 114 Å². The van der Waals surface area contributed by atoms with E-state index in [9.17, 15) is 9.18 Å². The molecule has 0 saturated heterocycles. The van der Waals surface area contributed by atoms with Crippen LogP contribution in [0.15, 0.2) is 18.2 Å². The first-order valence-electron chi connectivity index (χ1n) is 6.68. The smallest absolute Gasteiger partial charge is 0.238 e. The fraction of sp³-hybridized carbons (Fsp3) is 0.533. The largest absolute Gasteiger partial charge is 0.322 e. The molecular weight excluding hydrogens is 243 g/mol. The third kappa shape index (κ3) is 5.83. The molecule has 4 heteroatoms. The van der Waals surface area contributed by atoms with Gasteiger partial charge in [0.15, 0.2) is 0 Å². The second kappa shape index (κ2) is 7.24. The normalized spacial score (nSPS) is 12.5. The van der Waals surface area contributed by atoms with E-state index in [2.05, 4.69) is 24.5 Å². The molecule has 0 saturated carbocycles. The van der Waals surface area contributed by atoms with E-state index in [0.29, 0.717) is 5.92 Å². The lowest BCUT2D eigenvalue weighted by Gasteiger charge is -2.15. The quantitative estimate of drug-likeness (QED) is 0.830. The molecule has 19 heavy (non-hydrogen) atoms. The summed E-state index contributed by atoms with van der Waals surface area (Å²) in [7, 11) is 0. The molecule has 106 valence electrons. The second-order valence-corrected chi connectivity index (χ2v) is 5.44. The summed E-state index contributed by atoms with van der Waals surface area (Å²) in [5.41, 5.74) is 1.06. The van der Waals surface area contributed by atoms with Crippen LogP contribution in [0.3, 0.4) is 0 Å². The summed E-state index contributed by atoms with van der Waals surface area (Å²) < 4.78 is 13.5. The zero-order valence-electron chi connectivity index (χ0n) is 12.1. The summed E-state index contributed by atoms with van der Waals surface area (Å²) in [5, 5.41) is 5.70. The third-order valence-corrected chi connectivity index (χ3v) is 2.83. The van der Waals surface area contributed by atoms with Crippen LogP contribution in [0.2, 0.25) is 0 Å². The molecule has 0 fully saturated rings. The average Bonchev–Trinajstić information content (AvgIpc) is 2.29. The number of rotatable bonds is 6. The maximum absolute atomic E-state index is 13.5. The molecule has 2 N–H and O–H groups in total. The van der Waals surface area contributed by atoms with Crippen molar-refractivity contribution in [1.82, 2.24) is 5.32 Å². The molecule has 0 spiro atoms. The van der Waals surface area contributed by atoms with Crippen LogP contribution in [-0.4, -0.2) is 18.5 Å². The summed E-state index contributed by atoms with van der Waals surface area (Å²) in [6.07, 6.45) is 1.01. The lowest BCUT2D eigenvalue weighted by atomic mass is 10.1. The Hall–Kier alpha value is -1.42. The first kappa shape index (κ1) is 15.6. The van der Waals surface area contributed by atoms with Gasteiger partial charge in [0.05, 0.1) is 12.2 Å². The summed E-state index contributed by atoms with van der Waals surface area (Å²) in [4.78, 5) is 11.7. The van der Waals surface area contributed by atoms with E-state index in [-0.39, 0.29) is 24.2 Å². The highest BCUT2D eigenvalue weighted by atomic mass is 19.1. The molecule has 0 radical (unpaired) electrons. The molecule has 1 rings (SSSR count). The van der Waals surface area contributed by atoms with Gasteiger partial charge in [-0.05, 0) is 43.9 Å². The van der Waals surface area contributed by atoms with Crippen LogP contribution >= 0.6 is 0 Å². The van der Waals surface area contributed by atoms with Crippen molar-refractivity contribution in [3.05, 3.63) is 29.6 Å². The molecule has 1 unspecified atom stereocenters. The summed E-state index contributed by atoms with van der Waals surface area (Å²) >= 11 is 0. The van der Waals surface area contributed by atoms with Crippen LogP contribution in [0.1, 0.15) is 32.8 Å². The maximum atomic E-state index is 13.5. The number of hydrogen-bond acceptors (Lipinski definition) is 2. The average molecular weight is 266 g/mol. The van der Waals surface area contributed by atoms with E-state index in [1.807, 2.05) is 13.8 Å². The Morgan fingerprint density at radius 3 is 2.58 bits per heavy atom. The highest BCUT2D eigenvalue weighted by Crippen LogP contribution is 2.14. The number of nitrogens with one attached hydrogen (secondary N) is 2. The van der Waals surface area contributed by atoms with Gasteiger partial charge >= 0.3 is 0 Å². The van der Waals surface area contributed by atoms with E-state index >= 15 is 0 Å². The number of benzene rings is 1. The predicted molar refractivity (Wildman–Crippen MR) is 76.7 cm³/mol. The number of carbonyl (C=O) groups excluding carboxylic acids is 1. The topological polar surface area (TPSA) is 41.1 Å². The minimum atomic E-state index is -0.399. The Bertz CT molecular complexity index is 432. The number of amides is 1. The van der Waals surface area contributed by atoms with Gasteiger partial charge in [-0.3, -0.25) is 4.79 Å². The minimum Gasteiger partial charge on any atom is -0.322 e. The van der Waals surface area contributed by atoms with Gasteiger partial charge in [-0.2, -0.15) is 0 Å². The molecular formula is C15H23FN2O. The molecule has 0 aromatic heterocycles. The lowest BCUT2D eigenvalue weighted by Crippen LogP contribution is -2.35. The predicted octanol–water partition coefficient (Wildman–Crippen LogP) is 3.10. The van der Waals surface area contributed by atoms with Crippen molar-refractivity contribution in [2.75, 3.05) is 11.9 Å². The molecule has 1 amide bonds. The van der Waals surface area contributed by atoms with E-state index in [1.165, 1.54) is 6.07 Å². The van der Waals surface area contributed by atoms with Crippen molar-refractivity contribution in [2.24, 2.45) is 5.92 Å². The van der Waals surface area contributed by atoms with Crippen LogP contribution in [0.25, 0.3) is 0 Å². The molecule has 3 nitrogen and oxygen atoms in total. The van der Waals surface area contributed by atoms with Gasteiger partial charge in [0.1, 0.15) is 5.82 Å². The van der Waals surface area contributed by atoms with Gasteiger partial charge in [0.2, 0.25) is 5.91 Å². The molecule has 0 aliphatic rings. The molecule has 1 aromatic rings. The van der Waals surface area contributed by atoms with Crippen molar-refractivity contribution in [3.8, 4) is 0 Å². The molecule has 0 heterocycles. The number of hydrogen-bond donors (Lipinski definition) is 2. The van der Waals surface area contributed by atoms with Crippen LogP contribution in [-0.2, 0) is 4.79 Å². The van der Waals surface area contributed by atoms with Crippen molar-refractivity contribution in [2.45, 2.75) is 40.2 Å². The SMILES string of the molecule is Cc1ccc(NC(=O)CNC(C)CC(C)C)c(F)c1. The summed E-state index contributed by atoms with van der Waals surface area (Å²) in [6, 6.07) is 5.03. The monoisotopic (exact) mass is 266 g/mol. The zero-order valence-corrected chi connectivity index (χ0v) is 12.1. The Morgan fingerprint density at radius 1 is 1.32 bits per heavy atom. The van der Waals surface area contributed by atoms with E-state index in [1.54, 1.807) is 12.1 Å². The molecule has 1 atom stereocenters. The fourth-order valence-corrected chi connectivity index (χ4v) is 1.97. The highest BCUT2D eigenvalue weighted by Gasteiger charge is 2.09. The molecule has 0 aliphatic carbocycles. The van der Waals surface area contributed by atoms with E-state index in [4.69, 9.17) is 0 Å². The van der Waals surface area contributed by atoms with Gasteiger partial charge in [-0.1, -0.05) is 19.9 Å². The number of anilines is 1. The third-order valence-electron chi connectivity index (χ3n) is 2.83. The van der Waals surface area contributed by atoms with E-state index in [0.717, 1.165) is 12.0 Å². The number of carbonyl (C=O) groups is 1. The fourth-order valence-electron chi connectivity index (χ4n) is 1.97. The first-order valence-corrected chi connectivity index (χ1v) is 6.68. The van der Waals surface area contributed by atoms with Crippen molar-refractivity contribution in [1.29, 1.82) is 0 Å². The Kier molecular flexibility index (Phi) is 5.96. The second-order valence-electron chi connectivity index (χ2n) is 5.44. The van der Waals surface area contributed by atoms with Crippen molar-refractivity contribution >= 4 is 11.6 Å². The van der Waals surface area contributed by atoms with Gasteiger partial charge in [0.25, 0.3) is 0 Å². The Balaban J connectivity index is 2.43. The number of aryl methyl sites for hydroxylation is 1. The van der Waals surface area contributed by atoms with Crippen LogP contribution in [0.5, 0.6) is 0 Å². The van der Waals surface area contributed by atoms with Gasteiger partial charge < -0.3 is 10.6 Å². The maximum Gasteiger partial charge on any atom is 0.238 e. The van der Waals surface area contributed by atoms with Crippen molar-refractivity contribution < 1.29 is 9.18 Å². The minimum absolute atomic E-state index is 0.196. The summed E-state index contributed by atoms with van der Waals surface area (Å²) in [5.74, 6) is -0.0398. The first-order chi connectivity index (χ1) is 8.88. The van der Waals surface area contributed by atoms with Crippen LogP contribution in [0.4, 0.5) is 10.1 Å². The van der Waals surface area contributed by atoms with Crippen LogP contribution < -0.4 is 10.6 Å². The van der Waals surface area contributed by atoms with Gasteiger partial charge in [-0.25, -0.2) is 4.39 Å². The zero-order chi connectivity index (χ0) is 14.4.